The van der Waals surface area contributed by atoms with Gasteiger partial charge in [-0.2, -0.15) is 0 Å². The van der Waals surface area contributed by atoms with Crippen LogP contribution in [0.5, 0.6) is 5.75 Å². The third-order valence-corrected chi connectivity index (χ3v) is 2.34. The van der Waals surface area contributed by atoms with Crippen molar-refractivity contribution in [1.29, 1.82) is 0 Å². The number of halogens is 1. The molecule has 0 aromatic heterocycles. The van der Waals surface area contributed by atoms with Crippen LogP contribution >= 0.6 is 0 Å². The highest BCUT2D eigenvalue weighted by atomic mass is 19.1. The van der Waals surface area contributed by atoms with E-state index in [0.29, 0.717) is 31.2 Å². The Kier molecular flexibility index (Phi) is 4.28. The van der Waals surface area contributed by atoms with Gasteiger partial charge in [0.05, 0.1) is 0 Å². The van der Waals surface area contributed by atoms with Crippen LogP contribution in [-0.4, -0.2) is 10.9 Å². The molecule has 0 radical (unpaired) electrons. The lowest BCUT2D eigenvalue weighted by Crippen LogP contribution is -1.96. The molecular formula is C12H15FO2. The molecule has 0 unspecified atom stereocenters. The van der Waals surface area contributed by atoms with Crippen LogP contribution in [0.25, 0.3) is 0 Å². The van der Waals surface area contributed by atoms with Crippen molar-refractivity contribution in [2.75, 3.05) is 0 Å². The predicted octanol–water partition coefficient (Wildman–Crippen LogP) is 2.83. The Morgan fingerprint density at radius 1 is 1.47 bits per heavy atom. The fraction of sp³-hybridized carbons (Fsp3) is 0.417. The van der Waals surface area contributed by atoms with Gasteiger partial charge < -0.3 is 5.11 Å². The van der Waals surface area contributed by atoms with Crippen molar-refractivity contribution in [2.24, 2.45) is 0 Å². The zero-order valence-corrected chi connectivity index (χ0v) is 8.79. The molecule has 0 heterocycles. The number of aryl methyl sites for hydroxylation is 1. The summed E-state index contributed by atoms with van der Waals surface area (Å²) in [5.74, 6) is -0.0594. The van der Waals surface area contributed by atoms with E-state index >= 15 is 0 Å². The number of hydrogen-bond donors (Lipinski definition) is 1. The van der Waals surface area contributed by atoms with Crippen LogP contribution in [-0.2, 0) is 11.2 Å². The van der Waals surface area contributed by atoms with Gasteiger partial charge in [0.1, 0.15) is 17.3 Å². The van der Waals surface area contributed by atoms with Gasteiger partial charge in [0.15, 0.2) is 0 Å². The average molecular weight is 210 g/mol. The summed E-state index contributed by atoms with van der Waals surface area (Å²) in [5, 5.41) is 9.41. The Hall–Kier alpha value is -1.38. The third-order valence-electron chi connectivity index (χ3n) is 2.34. The van der Waals surface area contributed by atoms with Gasteiger partial charge in [0.2, 0.25) is 0 Å². The SMILES string of the molecule is CCC(=O)CCCc1cc(F)ccc1O. The van der Waals surface area contributed by atoms with Crippen molar-refractivity contribution in [3.8, 4) is 5.75 Å². The van der Waals surface area contributed by atoms with Crippen LogP contribution in [0, 0.1) is 5.82 Å². The number of rotatable bonds is 5. The predicted molar refractivity (Wildman–Crippen MR) is 56.3 cm³/mol. The number of Topliss-reactive ketones (excluding diaryl/α,β-unsaturated/α-hetero) is 1. The average Bonchev–Trinajstić information content (AvgIpc) is 2.23. The van der Waals surface area contributed by atoms with Crippen LogP contribution < -0.4 is 0 Å². The quantitative estimate of drug-likeness (QED) is 0.811. The molecule has 1 aromatic carbocycles. The first kappa shape index (κ1) is 11.7. The van der Waals surface area contributed by atoms with Crippen LogP contribution in [0.3, 0.4) is 0 Å². The van der Waals surface area contributed by atoms with Gasteiger partial charge in [-0.05, 0) is 36.6 Å². The number of carbonyl (C=O) groups is 1. The largest absolute Gasteiger partial charge is 0.508 e. The zero-order chi connectivity index (χ0) is 11.3. The summed E-state index contributed by atoms with van der Waals surface area (Å²) < 4.78 is 12.8. The molecule has 0 atom stereocenters. The molecule has 0 spiro atoms. The smallest absolute Gasteiger partial charge is 0.132 e. The molecule has 0 aliphatic rings. The van der Waals surface area contributed by atoms with Crippen molar-refractivity contribution in [1.82, 2.24) is 0 Å². The lowest BCUT2D eigenvalue weighted by Gasteiger charge is -2.03. The van der Waals surface area contributed by atoms with E-state index < -0.39 is 0 Å². The van der Waals surface area contributed by atoms with E-state index in [9.17, 15) is 14.3 Å². The van der Waals surface area contributed by atoms with E-state index in [1.165, 1.54) is 18.2 Å². The molecule has 2 nitrogen and oxygen atoms in total. The minimum absolute atomic E-state index is 0.0975. The van der Waals surface area contributed by atoms with Crippen molar-refractivity contribution in [3.63, 3.8) is 0 Å². The zero-order valence-electron chi connectivity index (χ0n) is 8.79. The standard InChI is InChI=1S/C12H15FO2/c1-2-11(14)5-3-4-9-8-10(13)6-7-12(9)15/h6-8,15H,2-5H2,1H3. The third kappa shape index (κ3) is 3.70. The summed E-state index contributed by atoms with van der Waals surface area (Å²) in [4.78, 5) is 11.0. The van der Waals surface area contributed by atoms with Gasteiger partial charge in [-0.1, -0.05) is 6.92 Å². The number of carbonyl (C=O) groups excluding carboxylic acids is 1. The van der Waals surface area contributed by atoms with Crippen LogP contribution in [0.4, 0.5) is 4.39 Å². The number of hydrogen-bond acceptors (Lipinski definition) is 2. The van der Waals surface area contributed by atoms with Gasteiger partial charge in [-0.3, -0.25) is 4.79 Å². The summed E-state index contributed by atoms with van der Waals surface area (Å²) in [7, 11) is 0. The second kappa shape index (κ2) is 5.49. The molecular weight excluding hydrogens is 195 g/mol. The fourth-order valence-electron chi connectivity index (χ4n) is 1.41. The molecule has 0 saturated heterocycles. The molecule has 1 aromatic rings. The minimum Gasteiger partial charge on any atom is -0.508 e. The molecule has 0 amide bonds. The highest BCUT2D eigenvalue weighted by Gasteiger charge is 2.04. The first-order chi connectivity index (χ1) is 7.13. The van der Waals surface area contributed by atoms with Gasteiger partial charge in [0, 0.05) is 12.8 Å². The maximum atomic E-state index is 12.8. The number of ketones is 1. The molecule has 1 rings (SSSR count). The number of phenols is 1. The van der Waals surface area contributed by atoms with Crippen molar-refractivity contribution in [3.05, 3.63) is 29.6 Å². The Morgan fingerprint density at radius 3 is 2.87 bits per heavy atom. The molecule has 3 heteroatoms. The first-order valence-electron chi connectivity index (χ1n) is 5.12. The second-order valence-corrected chi connectivity index (χ2v) is 3.52. The number of aromatic hydroxyl groups is 1. The lowest BCUT2D eigenvalue weighted by molar-refractivity contribution is -0.118. The summed E-state index contributed by atoms with van der Waals surface area (Å²) in [6.07, 6.45) is 2.22. The van der Waals surface area contributed by atoms with E-state index in [0.717, 1.165) is 0 Å². The molecule has 0 aliphatic carbocycles. The van der Waals surface area contributed by atoms with Crippen molar-refractivity contribution < 1.29 is 14.3 Å². The molecule has 0 fully saturated rings. The highest BCUT2D eigenvalue weighted by Crippen LogP contribution is 2.19. The molecule has 1 N–H and O–H groups in total. The van der Waals surface area contributed by atoms with Gasteiger partial charge >= 0.3 is 0 Å². The maximum absolute atomic E-state index is 12.8. The molecule has 0 bridgehead atoms. The highest BCUT2D eigenvalue weighted by molar-refractivity contribution is 5.77. The monoisotopic (exact) mass is 210 g/mol. The topological polar surface area (TPSA) is 37.3 Å². The first-order valence-corrected chi connectivity index (χ1v) is 5.12. The summed E-state index contributed by atoms with van der Waals surface area (Å²) in [6, 6.07) is 3.87. The Bertz CT molecular complexity index is 347. The van der Waals surface area contributed by atoms with E-state index in [2.05, 4.69) is 0 Å². The normalized spacial score (nSPS) is 10.3. The molecule has 82 valence electrons. The van der Waals surface area contributed by atoms with Crippen molar-refractivity contribution in [2.45, 2.75) is 32.6 Å². The Balaban J connectivity index is 2.50. The Morgan fingerprint density at radius 2 is 2.20 bits per heavy atom. The van der Waals surface area contributed by atoms with Gasteiger partial charge in [0.25, 0.3) is 0 Å². The van der Waals surface area contributed by atoms with Crippen LogP contribution in [0.1, 0.15) is 31.7 Å². The van der Waals surface area contributed by atoms with E-state index in [-0.39, 0.29) is 17.3 Å². The van der Waals surface area contributed by atoms with E-state index in [1.54, 1.807) is 0 Å². The van der Waals surface area contributed by atoms with Crippen molar-refractivity contribution >= 4 is 5.78 Å². The van der Waals surface area contributed by atoms with Crippen LogP contribution in [0.15, 0.2) is 18.2 Å². The number of benzene rings is 1. The lowest BCUT2D eigenvalue weighted by atomic mass is 10.0. The number of phenolic OH excluding ortho intramolecular Hbond substituents is 1. The van der Waals surface area contributed by atoms with E-state index in [1.807, 2.05) is 6.92 Å². The molecule has 0 saturated carbocycles. The van der Waals surface area contributed by atoms with Gasteiger partial charge in [-0.25, -0.2) is 4.39 Å². The second-order valence-electron chi connectivity index (χ2n) is 3.52. The van der Waals surface area contributed by atoms with E-state index in [4.69, 9.17) is 0 Å². The fourth-order valence-corrected chi connectivity index (χ4v) is 1.41. The molecule has 0 aliphatic heterocycles. The Labute approximate surface area is 88.7 Å². The summed E-state index contributed by atoms with van der Waals surface area (Å²) in [6.45, 7) is 1.82. The van der Waals surface area contributed by atoms with Crippen LogP contribution in [0.2, 0.25) is 0 Å². The maximum Gasteiger partial charge on any atom is 0.132 e. The summed E-state index contributed by atoms with van der Waals surface area (Å²) in [5.41, 5.74) is 0.568. The summed E-state index contributed by atoms with van der Waals surface area (Å²) >= 11 is 0. The van der Waals surface area contributed by atoms with Gasteiger partial charge in [-0.15, -0.1) is 0 Å². The minimum atomic E-state index is -0.357. The molecule has 15 heavy (non-hydrogen) atoms.